The molecule has 0 radical (unpaired) electrons. The van der Waals surface area contributed by atoms with Crippen molar-refractivity contribution < 1.29 is 4.74 Å². The zero-order valence-corrected chi connectivity index (χ0v) is 11.2. The maximum absolute atomic E-state index is 11.2. The number of anilines is 1. The second-order valence-corrected chi connectivity index (χ2v) is 4.39. The average molecular weight is 280 g/mol. The van der Waals surface area contributed by atoms with Crippen LogP contribution in [-0.4, -0.2) is 23.3 Å². The van der Waals surface area contributed by atoms with Crippen LogP contribution < -0.4 is 15.6 Å². The second-order valence-electron chi connectivity index (χ2n) is 4.02. The minimum atomic E-state index is -0.411. The molecular weight excluding hydrogens is 266 g/mol. The number of aromatic nitrogens is 2. The van der Waals surface area contributed by atoms with E-state index >= 15 is 0 Å². The van der Waals surface area contributed by atoms with Gasteiger partial charge in [0.05, 0.1) is 11.9 Å². The van der Waals surface area contributed by atoms with Gasteiger partial charge in [0.2, 0.25) is 0 Å². The van der Waals surface area contributed by atoms with Crippen molar-refractivity contribution in [3.8, 4) is 5.75 Å². The van der Waals surface area contributed by atoms with E-state index in [4.69, 9.17) is 16.3 Å². The van der Waals surface area contributed by atoms with Gasteiger partial charge < -0.3 is 10.1 Å². The van der Waals surface area contributed by atoms with Gasteiger partial charge in [-0.05, 0) is 19.1 Å². The molecular formula is C13H14ClN3O2. The molecule has 0 fully saturated rings. The lowest BCUT2D eigenvalue weighted by Gasteiger charge is -2.09. The van der Waals surface area contributed by atoms with Crippen molar-refractivity contribution >= 4 is 17.3 Å². The molecule has 0 aliphatic carbocycles. The van der Waals surface area contributed by atoms with Crippen LogP contribution in [0.15, 0.2) is 35.3 Å². The van der Waals surface area contributed by atoms with Crippen molar-refractivity contribution in [2.45, 2.75) is 6.92 Å². The summed E-state index contributed by atoms with van der Waals surface area (Å²) in [6, 6.07) is 7.80. The first kappa shape index (κ1) is 13.4. The van der Waals surface area contributed by atoms with Crippen molar-refractivity contribution in [3.05, 3.63) is 51.4 Å². The lowest BCUT2D eigenvalue weighted by Crippen LogP contribution is -2.16. The quantitative estimate of drug-likeness (QED) is 0.824. The van der Waals surface area contributed by atoms with Crippen LogP contribution in [-0.2, 0) is 0 Å². The minimum absolute atomic E-state index is 0.102. The molecule has 0 unspecified atom stereocenters. The Morgan fingerprint density at radius 2 is 2.11 bits per heavy atom. The van der Waals surface area contributed by atoms with Crippen LogP contribution in [0.2, 0.25) is 5.02 Å². The lowest BCUT2D eigenvalue weighted by molar-refractivity contribution is 0.333. The summed E-state index contributed by atoms with van der Waals surface area (Å²) in [5, 5.41) is 9.02. The summed E-state index contributed by atoms with van der Waals surface area (Å²) >= 11 is 5.82. The number of nitrogens with one attached hydrogen (secondary N) is 2. The molecule has 5 nitrogen and oxygen atoms in total. The first-order valence-electron chi connectivity index (χ1n) is 5.83. The van der Waals surface area contributed by atoms with Crippen molar-refractivity contribution in [2.24, 2.45) is 0 Å². The number of benzene rings is 1. The highest BCUT2D eigenvalue weighted by Crippen LogP contribution is 2.14. The highest BCUT2D eigenvalue weighted by atomic mass is 35.5. The maximum atomic E-state index is 11.2. The Morgan fingerprint density at radius 1 is 1.37 bits per heavy atom. The Kier molecular flexibility index (Phi) is 4.41. The normalized spacial score (nSPS) is 10.2. The van der Waals surface area contributed by atoms with Gasteiger partial charge in [-0.1, -0.05) is 29.3 Å². The third-order valence-electron chi connectivity index (χ3n) is 2.50. The van der Waals surface area contributed by atoms with E-state index in [1.807, 2.05) is 31.2 Å². The standard InChI is InChI=1S/C13H14ClN3O2/c1-9-2-4-10(5-3-9)19-7-6-15-11-8-16-17-13(18)12(11)14/h2-5,8H,6-7H2,1H3,(H2,15,17,18). The largest absolute Gasteiger partial charge is 0.492 e. The van der Waals surface area contributed by atoms with Crippen molar-refractivity contribution in [1.29, 1.82) is 0 Å². The third-order valence-corrected chi connectivity index (χ3v) is 2.88. The van der Waals surface area contributed by atoms with E-state index in [-0.39, 0.29) is 5.02 Å². The van der Waals surface area contributed by atoms with E-state index in [1.165, 1.54) is 11.8 Å². The maximum Gasteiger partial charge on any atom is 0.285 e. The number of hydrogen-bond donors (Lipinski definition) is 2. The summed E-state index contributed by atoms with van der Waals surface area (Å²) in [6.07, 6.45) is 1.47. The van der Waals surface area contributed by atoms with E-state index < -0.39 is 5.56 Å². The molecule has 0 saturated heterocycles. The molecule has 1 heterocycles. The average Bonchev–Trinajstić information content (AvgIpc) is 2.41. The predicted molar refractivity (Wildman–Crippen MR) is 75.0 cm³/mol. The fraction of sp³-hybridized carbons (Fsp3) is 0.231. The Bertz CT molecular complexity index is 596. The van der Waals surface area contributed by atoms with E-state index in [2.05, 4.69) is 15.5 Å². The molecule has 2 N–H and O–H groups in total. The molecule has 2 rings (SSSR count). The van der Waals surface area contributed by atoms with E-state index in [0.29, 0.717) is 18.8 Å². The van der Waals surface area contributed by atoms with Gasteiger partial charge in [-0.25, -0.2) is 5.10 Å². The van der Waals surface area contributed by atoms with Crippen LogP contribution in [0.3, 0.4) is 0 Å². The van der Waals surface area contributed by atoms with Gasteiger partial charge in [-0.2, -0.15) is 5.10 Å². The Morgan fingerprint density at radius 3 is 2.84 bits per heavy atom. The monoisotopic (exact) mass is 279 g/mol. The molecule has 0 saturated carbocycles. The van der Waals surface area contributed by atoms with Crippen LogP contribution in [0.25, 0.3) is 0 Å². The first-order valence-corrected chi connectivity index (χ1v) is 6.21. The van der Waals surface area contributed by atoms with Gasteiger partial charge in [0, 0.05) is 6.54 Å². The van der Waals surface area contributed by atoms with Crippen LogP contribution in [0.4, 0.5) is 5.69 Å². The van der Waals surface area contributed by atoms with Crippen molar-refractivity contribution in [1.82, 2.24) is 10.2 Å². The summed E-state index contributed by atoms with van der Waals surface area (Å²) in [5.41, 5.74) is 1.27. The van der Waals surface area contributed by atoms with Crippen LogP contribution in [0, 0.1) is 6.92 Å². The Balaban J connectivity index is 1.82. The molecule has 0 aliphatic heterocycles. The fourth-order valence-corrected chi connectivity index (χ4v) is 1.65. The summed E-state index contributed by atoms with van der Waals surface area (Å²) in [4.78, 5) is 11.2. The number of H-pyrrole nitrogens is 1. The van der Waals surface area contributed by atoms with Gasteiger partial charge in [-0.3, -0.25) is 4.79 Å². The lowest BCUT2D eigenvalue weighted by atomic mass is 10.2. The number of aromatic amines is 1. The smallest absolute Gasteiger partial charge is 0.285 e. The molecule has 0 atom stereocenters. The van der Waals surface area contributed by atoms with Crippen LogP contribution in [0.1, 0.15) is 5.56 Å². The zero-order chi connectivity index (χ0) is 13.7. The van der Waals surface area contributed by atoms with Gasteiger partial charge in [0.15, 0.2) is 0 Å². The fourth-order valence-electron chi connectivity index (χ4n) is 1.50. The number of nitrogens with zero attached hydrogens (tertiary/aromatic N) is 1. The van der Waals surface area contributed by atoms with Crippen molar-refractivity contribution in [3.63, 3.8) is 0 Å². The molecule has 0 bridgehead atoms. The molecule has 6 heteroatoms. The summed E-state index contributed by atoms with van der Waals surface area (Å²) in [5.74, 6) is 0.808. The molecule has 2 aromatic rings. The molecule has 1 aromatic carbocycles. The van der Waals surface area contributed by atoms with E-state index in [1.54, 1.807) is 0 Å². The van der Waals surface area contributed by atoms with Gasteiger partial charge >= 0.3 is 0 Å². The van der Waals surface area contributed by atoms with E-state index in [0.717, 1.165) is 5.75 Å². The first-order chi connectivity index (χ1) is 9.16. The molecule has 19 heavy (non-hydrogen) atoms. The minimum Gasteiger partial charge on any atom is -0.492 e. The Hall–Kier alpha value is -2.01. The topological polar surface area (TPSA) is 67.0 Å². The van der Waals surface area contributed by atoms with Gasteiger partial charge in [0.1, 0.15) is 17.4 Å². The zero-order valence-electron chi connectivity index (χ0n) is 10.4. The molecule has 0 aliphatic rings. The summed E-state index contributed by atoms with van der Waals surface area (Å²) in [7, 11) is 0. The number of rotatable bonds is 5. The number of aryl methyl sites for hydroxylation is 1. The van der Waals surface area contributed by atoms with Gasteiger partial charge in [-0.15, -0.1) is 0 Å². The highest BCUT2D eigenvalue weighted by molar-refractivity contribution is 6.32. The van der Waals surface area contributed by atoms with Crippen molar-refractivity contribution in [2.75, 3.05) is 18.5 Å². The van der Waals surface area contributed by atoms with Gasteiger partial charge in [0.25, 0.3) is 5.56 Å². The predicted octanol–water partition coefficient (Wildman–Crippen LogP) is 2.22. The Labute approximate surface area is 115 Å². The van der Waals surface area contributed by atoms with E-state index in [9.17, 15) is 4.79 Å². The third kappa shape index (κ3) is 3.72. The summed E-state index contributed by atoms with van der Waals surface area (Å²) < 4.78 is 5.54. The second kappa shape index (κ2) is 6.24. The SMILES string of the molecule is Cc1ccc(OCCNc2cn[nH]c(=O)c2Cl)cc1. The highest BCUT2D eigenvalue weighted by Gasteiger charge is 2.03. The number of hydrogen-bond acceptors (Lipinski definition) is 4. The summed E-state index contributed by atoms with van der Waals surface area (Å²) in [6.45, 7) is 3.01. The number of halogens is 1. The molecule has 0 amide bonds. The molecule has 1 aromatic heterocycles. The number of ether oxygens (including phenoxy) is 1. The van der Waals surface area contributed by atoms with Crippen LogP contribution in [0.5, 0.6) is 5.75 Å². The molecule has 100 valence electrons. The molecule has 0 spiro atoms. The van der Waals surface area contributed by atoms with Crippen LogP contribution >= 0.6 is 11.6 Å².